The summed E-state index contributed by atoms with van der Waals surface area (Å²) in [5.74, 6) is 2.91. The first-order valence-electron chi connectivity index (χ1n) is 9.03. The lowest BCUT2D eigenvalue weighted by Crippen LogP contribution is -2.48. The van der Waals surface area contributed by atoms with E-state index in [9.17, 15) is 0 Å². The molecule has 4 rings (SSSR count). The van der Waals surface area contributed by atoms with Crippen LogP contribution in [-0.4, -0.2) is 0 Å². The van der Waals surface area contributed by atoms with Crippen LogP contribution in [0, 0.1) is 28.6 Å². The molecule has 0 unspecified atom stereocenters. The third-order valence-electron chi connectivity index (χ3n) is 7.84. The third-order valence-corrected chi connectivity index (χ3v) is 7.84. The summed E-state index contributed by atoms with van der Waals surface area (Å²) in [4.78, 5) is 0. The average molecular weight is 270 g/mol. The van der Waals surface area contributed by atoms with Gasteiger partial charge in [-0.2, -0.15) is 0 Å². The molecule has 0 heteroatoms. The second-order valence-corrected chi connectivity index (χ2v) is 8.33. The van der Waals surface area contributed by atoms with Crippen molar-refractivity contribution in [1.82, 2.24) is 0 Å². The van der Waals surface area contributed by atoms with Gasteiger partial charge in [0.05, 0.1) is 0 Å². The van der Waals surface area contributed by atoms with Crippen molar-refractivity contribution in [1.29, 1.82) is 0 Å². The van der Waals surface area contributed by atoms with Gasteiger partial charge < -0.3 is 0 Å². The van der Waals surface area contributed by atoms with Crippen molar-refractivity contribution >= 4 is 0 Å². The van der Waals surface area contributed by atoms with Crippen LogP contribution in [0.1, 0.15) is 71.1 Å². The number of allylic oxidation sites excluding steroid dienone is 3. The number of rotatable bonds is 1. The zero-order chi connectivity index (χ0) is 13.8. The van der Waals surface area contributed by atoms with Gasteiger partial charge in [0.2, 0.25) is 0 Å². The van der Waals surface area contributed by atoms with E-state index in [-0.39, 0.29) is 0 Å². The van der Waals surface area contributed by atoms with Gasteiger partial charge in [0.1, 0.15) is 0 Å². The van der Waals surface area contributed by atoms with Gasteiger partial charge in [0, 0.05) is 0 Å². The van der Waals surface area contributed by atoms with E-state index in [1.807, 2.05) is 5.57 Å². The van der Waals surface area contributed by atoms with Crippen molar-refractivity contribution in [2.24, 2.45) is 28.6 Å². The molecule has 110 valence electrons. The Morgan fingerprint density at radius 1 is 1.10 bits per heavy atom. The first-order chi connectivity index (χ1) is 9.70. The number of hydrogen-bond donors (Lipinski definition) is 0. The van der Waals surface area contributed by atoms with E-state index < -0.39 is 0 Å². The molecule has 4 aliphatic carbocycles. The standard InChI is InChI=1S/C20H30/c1-3-20-13-6-8-18(20)16-10-9-15-7-4-5-12-19(15,2)17(16)11-14-20/h3,9,16-18H,1,4-8,10-14H2,2H3/t16-,17+,18+,19+,20+/m1/s1. The fourth-order valence-electron chi connectivity index (χ4n) is 6.76. The Balaban J connectivity index is 1.71. The minimum Gasteiger partial charge on any atom is -0.103 e. The highest BCUT2D eigenvalue weighted by molar-refractivity contribution is 5.25. The van der Waals surface area contributed by atoms with Gasteiger partial charge in [0.15, 0.2) is 0 Å². The molecule has 0 aromatic rings. The molecule has 0 heterocycles. The Labute approximate surface area is 124 Å². The van der Waals surface area contributed by atoms with E-state index in [4.69, 9.17) is 0 Å². The molecule has 0 amide bonds. The van der Waals surface area contributed by atoms with Gasteiger partial charge in [-0.25, -0.2) is 0 Å². The van der Waals surface area contributed by atoms with E-state index in [0.717, 1.165) is 17.8 Å². The normalized spacial score (nSPS) is 50.6. The molecule has 0 saturated heterocycles. The third kappa shape index (κ3) is 1.60. The molecule has 4 aliphatic rings. The minimum absolute atomic E-state index is 0.525. The van der Waals surface area contributed by atoms with Gasteiger partial charge in [-0.1, -0.05) is 37.5 Å². The van der Waals surface area contributed by atoms with Crippen molar-refractivity contribution in [3.8, 4) is 0 Å². The summed E-state index contributed by atoms with van der Waals surface area (Å²) in [5, 5.41) is 0. The summed E-state index contributed by atoms with van der Waals surface area (Å²) in [6, 6.07) is 0. The number of fused-ring (bicyclic) bond motifs is 5. The first-order valence-corrected chi connectivity index (χ1v) is 9.03. The van der Waals surface area contributed by atoms with Gasteiger partial charge >= 0.3 is 0 Å². The molecule has 0 aromatic heterocycles. The maximum Gasteiger partial charge on any atom is -0.00853 e. The van der Waals surface area contributed by atoms with Crippen molar-refractivity contribution < 1.29 is 0 Å². The molecule has 3 fully saturated rings. The molecular weight excluding hydrogens is 240 g/mol. The molecule has 0 spiro atoms. The predicted molar refractivity (Wildman–Crippen MR) is 85.5 cm³/mol. The second-order valence-electron chi connectivity index (χ2n) is 8.33. The fraction of sp³-hybridized carbons (Fsp3) is 0.800. The maximum atomic E-state index is 4.24. The predicted octanol–water partition coefficient (Wildman–Crippen LogP) is 5.90. The Kier molecular flexibility index (Phi) is 2.95. The molecule has 0 bridgehead atoms. The Morgan fingerprint density at radius 3 is 2.85 bits per heavy atom. The molecule has 3 saturated carbocycles. The smallest absolute Gasteiger partial charge is 0.00853 e. The van der Waals surface area contributed by atoms with Crippen molar-refractivity contribution in [3.63, 3.8) is 0 Å². The van der Waals surface area contributed by atoms with Crippen molar-refractivity contribution in [2.45, 2.75) is 71.1 Å². The molecule has 0 N–H and O–H groups in total. The minimum atomic E-state index is 0.525. The van der Waals surface area contributed by atoms with E-state index in [1.54, 1.807) is 0 Å². The average Bonchev–Trinajstić information content (AvgIpc) is 2.91. The molecule has 5 atom stereocenters. The van der Waals surface area contributed by atoms with Crippen LogP contribution in [0.2, 0.25) is 0 Å². The lowest BCUT2D eigenvalue weighted by atomic mass is 9.48. The number of hydrogen-bond acceptors (Lipinski definition) is 0. The lowest BCUT2D eigenvalue weighted by Gasteiger charge is -2.57. The summed E-state index contributed by atoms with van der Waals surface area (Å²) in [6.07, 6.45) is 19.5. The lowest BCUT2D eigenvalue weighted by molar-refractivity contribution is -0.0125. The van der Waals surface area contributed by atoms with Crippen LogP contribution >= 0.6 is 0 Å². The highest BCUT2D eigenvalue weighted by atomic mass is 14.6. The molecule has 0 aliphatic heterocycles. The SMILES string of the molecule is C=C[C@@]12CCC[C@H]1[C@@H]1CC=C3CCCC[C@]3(C)[C@H]1CC2. The van der Waals surface area contributed by atoms with Crippen LogP contribution < -0.4 is 0 Å². The summed E-state index contributed by atoms with van der Waals surface area (Å²) >= 11 is 0. The summed E-state index contributed by atoms with van der Waals surface area (Å²) < 4.78 is 0. The zero-order valence-electron chi connectivity index (χ0n) is 13.2. The highest BCUT2D eigenvalue weighted by Gasteiger charge is 2.55. The molecule has 0 aromatic carbocycles. The van der Waals surface area contributed by atoms with Crippen LogP contribution in [0.25, 0.3) is 0 Å². The van der Waals surface area contributed by atoms with Gasteiger partial charge in [-0.3, -0.25) is 0 Å². The van der Waals surface area contributed by atoms with Crippen LogP contribution in [0.3, 0.4) is 0 Å². The topological polar surface area (TPSA) is 0 Å². The van der Waals surface area contributed by atoms with Crippen molar-refractivity contribution in [3.05, 3.63) is 24.3 Å². The Bertz CT molecular complexity index is 445. The highest BCUT2D eigenvalue weighted by Crippen LogP contribution is 2.65. The Hall–Kier alpha value is -0.520. The quantitative estimate of drug-likeness (QED) is 0.521. The van der Waals surface area contributed by atoms with E-state index in [1.165, 1.54) is 64.2 Å². The molecule has 0 radical (unpaired) electrons. The van der Waals surface area contributed by atoms with Gasteiger partial charge in [0.25, 0.3) is 0 Å². The summed E-state index contributed by atoms with van der Waals surface area (Å²) in [5.41, 5.74) is 2.93. The molecule has 0 nitrogen and oxygen atoms in total. The monoisotopic (exact) mass is 270 g/mol. The van der Waals surface area contributed by atoms with Crippen LogP contribution in [0.4, 0.5) is 0 Å². The van der Waals surface area contributed by atoms with Crippen LogP contribution in [-0.2, 0) is 0 Å². The summed E-state index contributed by atoms with van der Waals surface area (Å²) in [7, 11) is 0. The molecule has 20 heavy (non-hydrogen) atoms. The van der Waals surface area contributed by atoms with Gasteiger partial charge in [-0.15, -0.1) is 6.58 Å². The maximum absolute atomic E-state index is 4.24. The molecular formula is C20H30. The zero-order valence-corrected chi connectivity index (χ0v) is 13.2. The Morgan fingerprint density at radius 2 is 2.00 bits per heavy atom. The summed E-state index contributed by atoms with van der Waals surface area (Å²) in [6.45, 7) is 6.85. The van der Waals surface area contributed by atoms with E-state index in [0.29, 0.717) is 10.8 Å². The fourth-order valence-corrected chi connectivity index (χ4v) is 6.76. The van der Waals surface area contributed by atoms with E-state index in [2.05, 4.69) is 25.7 Å². The van der Waals surface area contributed by atoms with Crippen LogP contribution in [0.15, 0.2) is 24.3 Å². The van der Waals surface area contributed by atoms with Gasteiger partial charge in [-0.05, 0) is 80.0 Å². The largest absolute Gasteiger partial charge is 0.103 e. The second kappa shape index (κ2) is 4.49. The van der Waals surface area contributed by atoms with E-state index >= 15 is 0 Å². The van der Waals surface area contributed by atoms with Crippen molar-refractivity contribution in [2.75, 3.05) is 0 Å². The van der Waals surface area contributed by atoms with Crippen LogP contribution in [0.5, 0.6) is 0 Å². The first kappa shape index (κ1) is 13.2.